The molecule has 3 atom stereocenters. The van der Waals surface area contributed by atoms with Crippen molar-refractivity contribution in [1.82, 2.24) is 0 Å². The molecule has 0 spiro atoms. The minimum Gasteiger partial charge on any atom is -0.494 e. The van der Waals surface area contributed by atoms with E-state index in [-0.39, 0.29) is 18.5 Å². The lowest BCUT2D eigenvalue weighted by Gasteiger charge is -2.26. The molecule has 8 rings (SSSR count). The fourth-order valence-electron chi connectivity index (χ4n) is 11.0. The maximum absolute atomic E-state index is 11.0. The maximum atomic E-state index is 11.0. The zero-order valence-corrected chi connectivity index (χ0v) is 62.9. The average molecular weight is 1480 g/mol. The monoisotopic (exact) mass is 1470 g/mol. The first-order valence-corrected chi connectivity index (χ1v) is 36.7. The van der Waals surface area contributed by atoms with Gasteiger partial charge >= 0.3 is 17.9 Å². The lowest BCUT2D eigenvalue weighted by molar-refractivity contribution is -0.287. The summed E-state index contributed by atoms with van der Waals surface area (Å²) in [5.74, 6) is 4.00. The van der Waals surface area contributed by atoms with E-state index in [0.29, 0.717) is 83.3 Å². The van der Waals surface area contributed by atoms with Crippen molar-refractivity contribution in [1.29, 1.82) is 0 Å². The molecule has 1 saturated carbocycles. The molecule has 0 aliphatic heterocycles. The summed E-state index contributed by atoms with van der Waals surface area (Å²) < 4.78 is 37.5. The van der Waals surface area contributed by atoms with Gasteiger partial charge in [-0.05, 0) is 214 Å². The highest BCUT2D eigenvalue weighted by Gasteiger charge is 2.22. The Hall–Kier alpha value is -9.45. The van der Waals surface area contributed by atoms with E-state index < -0.39 is 24.3 Å². The van der Waals surface area contributed by atoms with E-state index in [2.05, 4.69) is 57.5 Å². The summed E-state index contributed by atoms with van der Waals surface area (Å²) in [6.45, 7) is 28.6. The largest absolute Gasteiger partial charge is 0.494 e. The van der Waals surface area contributed by atoms with E-state index >= 15 is 0 Å². The smallest absolute Gasteiger partial charge is 0.330 e. The van der Waals surface area contributed by atoms with Crippen LogP contribution in [0.4, 0.5) is 0 Å². The molecule has 3 N–H and O–H groups in total. The van der Waals surface area contributed by atoms with Crippen molar-refractivity contribution in [3.63, 3.8) is 0 Å². The number of rotatable bonds is 45. The zero-order chi connectivity index (χ0) is 77.1. The predicted molar refractivity (Wildman–Crippen MR) is 412 cm³/mol. The number of hydrogen-bond acceptors (Lipinski definition) is 20. The highest BCUT2D eigenvalue weighted by molar-refractivity contribution is 5.81. The van der Waals surface area contributed by atoms with Crippen LogP contribution in [0.5, 0.6) is 28.7 Å². The predicted octanol–water partition coefficient (Wildman–Crippen LogP) is 19.8. The van der Waals surface area contributed by atoms with Crippen LogP contribution in [0.15, 0.2) is 214 Å². The summed E-state index contributed by atoms with van der Waals surface area (Å²) in [7, 11) is 0. The fraction of sp³-hybridized carbons (Fsp3) is 0.391. The highest BCUT2D eigenvalue weighted by atomic mass is 17.2. The van der Waals surface area contributed by atoms with E-state index in [4.69, 9.17) is 67.4 Å². The highest BCUT2D eigenvalue weighted by Crippen LogP contribution is 2.37. The van der Waals surface area contributed by atoms with Gasteiger partial charge in [0.05, 0.1) is 59.5 Å². The molecule has 0 saturated heterocycles. The molecule has 0 radical (unpaired) electrons. The SMILES string of the molecule is C=CC(=O)OCCCCCCOc1ccc(C(OO)c2ccc(C)cc2)cc1.C=CC(=O)OCCCCCCOc1ccc(C(OO)c2ccc(C3CCC(C)CC3)cc2)cc1.C=CC(=O)OCCCOc1ccc(C(OO)c2ccc(C)c(C)c2)cc1.C=CCOOCCCOc1ccc(OOCC)cc1. The minimum atomic E-state index is -0.554. The molecule has 7 aromatic rings. The summed E-state index contributed by atoms with van der Waals surface area (Å²) in [6, 6.07) is 52.1. The van der Waals surface area contributed by atoms with Crippen LogP contribution in [0.2, 0.25) is 0 Å². The van der Waals surface area contributed by atoms with Gasteiger partial charge in [0.15, 0.2) is 5.75 Å². The van der Waals surface area contributed by atoms with E-state index in [0.717, 1.165) is 132 Å². The lowest BCUT2D eigenvalue weighted by Crippen LogP contribution is -2.11. The molecule has 1 aliphatic rings. The van der Waals surface area contributed by atoms with Crippen molar-refractivity contribution in [2.75, 3.05) is 66.1 Å². The van der Waals surface area contributed by atoms with Crippen LogP contribution in [-0.2, 0) is 57.9 Å². The molecule has 107 heavy (non-hydrogen) atoms. The van der Waals surface area contributed by atoms with Crippen LogP contribution in [0.3, 0.4) is 0 Å². The summed E-state index contributed by atoms with van der Waals surface area (Å²) >= 11 is 0. The number of carbonyl (C=O) groups excluding carboxylic acids is 3. The number of ether oxygens (including phenoxy) is 7. The summed E-state index contributed by atoms with van der Waals surface area (Å²) in [5, 5.41) is 28.3. The van der Waals surface area contributed by atoms with Crippen LogP contribution in [-0.4, -0.2) is 99.7 Å². The van der Waals surface area contributed by atoms with Gasteiger partial charge in [-0.3, -0.25) is 15.8 Å². The molecular weight excluding hydrogens is 1360 g/mol. The Morgan fingerprint density at radius 2 is 0.738 bits per heavy atom. The van der Waals surface area contributed by atoms with E-state index in [1.54, 1.807) is 18.2 Å². The Bertz CT molecular complexity index is 3590. The van der Waals surface area contributed by atoms with Gasteiger partial charge < -0.3 is 38.0 Å². The number of esters is 3. The molecule has 578 valence electrons. The zero-order valence-electron chi connectivity index (χ0n) is 62.9. The maximum Gasteiger partial charge on any atom is 0.330 e. The van der Waals surface area contributed by atoms with Crippen molar-refractivity contribution >= 4 is 17.9 Å². The van der Waals surface area contributed by atoms with Gasteiger partial charge in [0.1, 0.15) is 47.9 Å². The second-order valence-corrected chi connectivity index (χ2v) is 25.4. The van der Waals surface area contributed by atoms with Gasteiger partial charge in [-0.25, -0.2) is 38.8 Å². The van der Waals surface area contributed by atoms with Crippen molar-refractivity contribution in [2.24, 2.45) is 5.92 Å². The molecule has 1 aliphatic carbocycles. The quantitative estimate of drug-likeness (QED) is 0.00611. The van der Waals surface area contributed by atoms with Gasteiger partial charge in [-0.15, -0.1) is 6.58 Å². The molecule has 20 nitrogen and oxygen atoms in total. The van der Waals surface area contributed by atoms with E-state index in [9.17, 15) is 30.2 Å². The Balaban J connectivity index is 0.000000261. The topological polar surface area (TPSA) is 241 Å². The first kappa shape index (κ1) is 88.2. The molecule has 0 heterocycles. The number of carbonyl (C=O) groups is 3. The Kier molecular flexibility index (Phi) is 44.0. The molecular formula is C87H110O20. The van der Waals surface area contributed by atoms with E-state index in [1.807, 2.05) is 155 Å². The molecule has 1 fully saturated rings. The standard InChI is InChI=1S/C29H38O5.C23H28O5.C21H24O5.C14H20O5/c1-3-28(30)33-21-7-5-4-6-20-32-27-18-16-26(17-19-27)29(34-31)25-14-12-24(13-15-25)23-10-8-22(2)9-11-23;1-3-22(24)27-17-7-5-4-6-16-26-21-14-12-20(13-15-21)23(28-25)19-10-8-18(2)9-11-19;1-4-20(22)25-13-5-12-24-19-10-8-17(9-11-19)21(26-23)18-7-6-15(2)16(3)14-18;1-3-10-17-18-12-5-11-15-13-6-8-14(9-7-13)19-16-4-2/h3,12-19,22-23,29,31H,1,4-11,20-21H2,2H3;3,8-15,23,25H,1,4-7,16-17H2,2H3;4,6-11,14,21,23H,1,5,12-13H2,2-3H3;3,6-9H,1,4-5,10-12H2,2H3. The molecule has 7 aromatic carbocycles. The molecule has 0 aromatic heterocycles. The van der Waals surface area contributed by atoms with Crippen LogP contribution < -0.4 is 23.8 Å². The second-order valence-electron chi connectivity index (χ2n) is 25.4. The van der Waals surface area contributed by atoms with Gasteiger partial charge in [0.2, 0.25) is 0 Å². The number of aryl methyl sites for hydroxylation is 3. The van der Waals surface area contributed by atoms with Crippen molar-refractivity contribution in [3.8, 4) is 28.7 Å². The molecule has 0 bridgehead atoms. The Labute approximate surface area is 632 Å². The van der Waals surface area contributed by atoms with Crippen LogP contribution in [0.25, 0.3) is 0 Å². The van der Waals surface area contributed by atoms with Crippen molar-refractivity contribution in [2.45, 2.75) is 149 Å². The van der Waals surface area contributed by atoms with Gasteiger partial charge in [0, 0.05) is 31.1 Å². The number of unbranched alkanes of at least 4 members (excludes halogenated alkanes) is 6. The normalized spacial score (nSPS) is 13.6. The van der Waals surface area contributed by atoms with E-state index in [1.165, 1.54) is 49.0 Å². The third-order valence-electron chi connectivity index (χ3n) is 17.2. The third kappa shape index (κ3) is 35.2. The average Bonchev–Trinajstić information content (AvgIpc) is 0.838. The third-order valence-corrected chi connectivity index (χ3v) is 17.2. The van der Waals surface area contributed by atoms with Crippen LogP contribution in [0.1, 0.15) is 184 Å². The molecule has 0 amide bonds. The Morgan fingerprint density at radius 1 is 0.393 bits per heavy atom. The van der Waals surface area contributed by atoms with Crippen molar-refractivity contribution < 1.29 is 97.5 Å². The fourth-order valence-corrected chi connectivity index (χ4v) is 11.0. The first-order valence-electron chi connectivity index (χ1n) is 36.7. The van der Waals surface area contributed by atoms with Crippen LogP contribution in [0, 0.1) is 26.7 Å². The van der Waals surface area contributed by atoms with Gasteiger partial charge in [0.25, 0.3) is 0 Å². The molecule has 20 heteroatoms. The number of benzene rings is 7. The molecule has 3 unspecified atom stereocenters. The minimum absolute atomic E-state index is 0.288. The lowest BCUT2D eigenvalue weighted by atomic mass is 9.79. The Morgan fingerprint density at radius 3 is 1.13 bits per heavy atom. The van der Waals surface area contributed by atoms with Gasteiger partial charge in [-0.1, -0.05) is 154 Å². The first-order chi connectivity index (χ1) is 52.1. The summed E-state index contributed by atoms with van der Waals surface area (Å²) in [6.07, 6.45) is 17.5. The summed E-state index contributed by atoms with van der Waals surface area (Å²) in [4.78, 5) is 66.5. The van der Waals surface area contributed by atoms with Gasteiger partial charge in [-0.2, -0.15) is 4.89 Å². The summed E-state index contributed by atoms with van der Waals surface area (Å²) in [5.41, 5.74) is 10.1. The second kappa shape index (κ2) is 53.3. The number of hydrogen-bond donors (Lipinski definition) is 3. The van der Waals surface area contributed by atoms with Crippen molar-refractivity contribution in [3.05, 3.63) is 270 Å². The van der Waals surface area contributed by atoms with Crippen LogP contribution >= 0.6 is 0 Å².